The third-order valence-corrected chi connectivity index (χ3v) is 2.66. The summed E-state index contributed by atoms with van der Waals surface area (Å²) >= 11 is 0. The SMILES string of the molecule is C=C(C)B1OC(C)(C)C(C)(C)O1.N. The van der Waals surface area contributed by atoms with Gasteiger partial charge in [0, 0.05) is 0 Å². The largest absolute Gasteiger partial charge is 0.489 e. The van der Waals surface area contributed by atoms with Crippen molar-refractivity contribution in [2.45, 2.75) is 45.8 Å². The highest BCUT2D eigenvalue weighted by Crippen LogP contribution is 2.37. The van der Waals surface area contributed by atoms with E-state index in [1.807, 2.05) is 34.6 Å². The van der Waals surface area contributed by atoms with Crippen molar-refractivity contribution < 1.29 is 9.31 Å². The maximum atomic E-state index is 5.70. The van der Waals surface area contributed by atoms with E-state index < -0.39 is 0 Å². The van der Waals surface area contributed by atoms with Gasteiger partial charge in [-0.15, -0.1) is 6.58 Å². The fraction of sp³-hybridized carbons (Fsp3) is 0.778. The molecular formula is C9H20BNO2. The molecule has 3 nitrogen and oxygen atoms in total. The van der Waals surface area contributed by atoms with Gasteiger partial charge in [0.05, 0.1) is 11.2 Å². The average molecular weight is 185 g/mol. The second-order valence-corrected chi connectivity index (χ2v) is 4.43. The molecule has 3 N–H and O–H groups in total. The molecular weight excluding hydrogens is 165 g/mol. The van der Waals surface area contributed by atoms with E-state index in [4.69, 9.17) is 9.31 Å². The van der Waals surface area contributed by atoms with Gasteiger partial charge in [-0.05, 0) is 34.6 Å². The first-order valence-electron chi connectivity index (χ1n) is 4.27. The van der Waals surface area contributed by atoms with Crippen LogP contribution in [0.25, 0.3) is 0 Å². The minimum absolute atomic E-state index is 0. The summed E-state index contributed by atoms with van der Waals surface area (Å²) in [5.74, 6) is 0. The molecule has 0 aromatic carbocycles. The molecule has 0 aliphatic carbocycles. The molecule has 0 spiro atoms. The van der Waals surface area contributed by atoms with Crippen LogP contribution in [-0.2, 0) is 9.31 Å². The Hall–Kier alpha value is -0.315. The Morgan fingerprint density at radius 1 is 1.08 bits per heavy atom. The van der Waals surface area contributed by atoms with Crippen molar-refractivity contribution in [2.24, 2.45) is 0 Å². The average Bonchev–Trinajstić information content (AvgIpc) is 2.03. The predicted molar refractivity (Wildman–Crippen MR) is 55.9 cm³/mol. The smallest absolute Gasteiger partial charge is 0.400 e. The van der Waals surface area contributed by atoms with Gasteiger partial charge >= 0.3 is 7.12 Å². The van der Waals surface area contributed by atoms with Crippen LogP contribution in [0.2, 0.25) is 0 Å². The third kappa shape index (κ3) is 2.13. The number of allylic oxidation sites excluding steroid dienone is 1. The summed E-state index contributed by atoms with van der Waals surface area (Å²) in [6, 6.07) is 0. The van der Waals surface area contributed by atoms with Gasteiger partial charge in [-0.3, -0.25) is 0 Å². The first-order chi connectivity index (χ1) is 5.26. The lowest BCUT2D eigenvalue weighted by Gasteiger charge is -2.32. The molecule has 0 radical (unpaired) electrons. The molecule has 76 valence electrons. The molecule has 1 rings (SSSR count). The predicted octanol–water partition coefficient (Wildman–Crippen LogP) is 2.36. The summed E-state index contributed by atoms with van der Waals surface area (Å²) in [6.45, 7) is 13.9. The Labute approximate surface area is 81.2 Å². The minimum Gasteiger partial charge on any atom is -0.400 e. The molecule has 0 aromatic heterocycles. The summed E-state index contributed by atoms with van der Waals surface area (Å²) in [7, 11) is -0.241. The summed E-state index contributed by atoms with van der Waals surface area (Å²) in [5, 5.41) is 0. The fourth-order valence-electron chi connectivity index (χ4n) is 1.04. The second-order valence-electron chi connectivity index (χ2n) is 4.43. The van der Waals surface area contributed by atoms with Gasteiger partial charge in [-0.1, -0.05) is 5.47 Å². The summed E-state index contributed by atoms with van der Waals surface area (Å²) in [5.41, 5.74) is 0.446. The Morgan fingerprint density at radius 3 is 1.54 bits per heavy atom. The van der Waals surface area contributed by atoms with E-state index in [0.29, 0.717) is 0 Å². The van der Waals surface area contributed by atoms with Crippen LogP contribution >= 0.6 is 0 Å². The number of hydrogen-bond donors (Lipinski definition) is 1. The van der Waals surface area contributed by atoms with E-state index in [9.17, 15) is 0 Å². The van der Waals surface area contributed by atoms with Crippen molar-refractivity contribution >= 4 is 7.12 Å². The summed E-state index contributed by atoms with van der Waals surface area (Å²) in [6.07, 6.45) is 0. The van der Waals surface area contributed by atoms with E-state index in [2.05, 4.69) is 6.58 Å². The zero-order valence-electron chi connectivity index (χ0n) is 9.31. The van der Waals surface area contributed by atoms with Crippen LogP contribution in [0, 0.1) is 0 Å². The molecule has 0 bridgehead atoms. The number of hydrogen-bond acceptors (Lipinski definition) is 3. The van der Waals surface area contributed by atoms with E-state index in [1.165, 1.54) is 0 Å². The van der Waals surface area contributed by atoms with E-state index in [-0.39, 0.29) is 24.5 Å². The highest BCUT2D eigenvalue weighted by atomic mass is 16.7. The van der Waals surface area contributed by atoms with Gasteiger partial charge in [-0.25, -0.2) is 0 Å². The molecule has 0 saturated carbocycles. The van der Waals surface area contributed by atoms with Gasteiger partial charge < -0.3 is 15.5 Å². The van der Waals surface area contributed by atoms with Crippen molar-refractivity contribution in [3.8, 4) is 0 Å². The fourth-order valence-corrected chi connectivity index (χ4v) is 1.04. The second kappa shape index (κ2) is 3.44. The zero-order valence-corrected chi connectivity index (χ0v) is 9.31. The van der Waals surface area contributed by atoms with Crippen LogP contribution in [0.4, 0.5) is 0 Å². The molecule has 1 aliphatic rings. The maximum absolute atomic E-state index is 5.70. The monoisotopic (exact) mass is 185 g/mol. The number of rotatable bonds is 1. The lowest BCUT2D eigenvalue weighted by Crippen LogP contribution is -2.41. The van der Waals surface area contributed by atoms with Crippen molar-refractivity contribution in [3.05, 3.63) is 12.1 Å². The van der Waals surface area contributed by atoms with Crippen molar-refractivity contribution in [2.75, 3.05) is 0 Å². The van der Waals surface area contributed by atoms with Gasteiger partial charge in [0.25, 0.3) is 0 Å². The minimum atomic E-state index is -0.241. The molecule has 1 saturated heterocycles. The maximum Gasteiger partial charge on any atom is 0.489 e. The lowest BCUT2D eigenvalue weighted by atomic mass is 9.81. The Morgan fingerprint density at radius 2 is 1.38 bits per heavy atom. The van der Waals surface area contributed by atoms with Crippen LogP contribution in [-0.4, -0.2) is 18.3 Å². The van der Waals surface area contributed by atoms with Crippen molar-refractivity contribution in [1.29, 1.82) is 0 Å². The highest BCUT2D eigenvalue weighted by Gasteiger charge is 2.51. The molecule has 1 aliphatic heterocycles. The van der Waals surface area contributed by atoms with Crippen LogP contribution in [0.5, 0.6) is 0 Å². The standard InChI is InChI=1S/C9H17BO2.H3N/c1-7(2)10-11-8(3,4)9(5,6)12-10;/h1H2,2-6H3;1H3. The first kappa shape index (κ1) is 12.7. The van der Waals surface area contributed by atoms with Crippen LogP contribution in [0.15, 0.2) is 12.1 Å². The Kier molecular flexibility index (Phi) is 3.36. The normalized spacial score (nSPS) is 23.9. The first-order valence-corrected chi connectivity index (χ1v) is 4.27. The van der Waals surface area contributed by atoms with E-state index >= 15 is 0 Å². The van der Waals surface area contributed by atoms with Gasteiger partial charge in [-0.2, -0.15) is 0 Å². The van der Waals surface area contributed by atoms with Gasteiger partial charge in [0.15, 0.2) is 0 Å². The van der Waals surface area contributed by atoms with Crippen LogP contribution in [0.1, 0.15) is 34.6 Å². The molecule has 0 atom stereocenters. The molecule has 0 unspecified atom stereocenters. The molecule has 13 heavy (non-hydrogen) atoms. The lowest BCUT2D eigenvalue weighted by molar-refractivity contribution is 0.00578. The van der Waals surface area contributed by atoms with Crippen molar-refractivity contribution in [3.63, 3.8) is 0 Å². The molecule has 1 heterocycles. The van der Waals surface area contributed by atoms with Gasteiger partial charge in [0.1, 0.15) is 0 Å². The van der Waals surface area contributed by atoms with E-state index in [1.54, 1.807) is 0 Å². The van der Waals surface area contributed by atoms with Crippen molar-refractivity contribution in [1.82, 2.24) is 6.15 Å². The molecule has 0 aromatic rings. The topological polar surface area (TPSA) is 53.5 Å². The quantitative estimate of drug-likeness (QED) is 0.638. The Balaban J connectivity index is 0.00000144. The van der Waals surface area contributed by atoms with Gasteiger partial charge in [0.2, 0.25) is 0 Å². The third-order valence-electron chi connectivity index (χ3n) is 2.66. The zero-order chi connectivity index (χ0) is 9.57. The highest BCUT2D eigenvalue weighted by molar-refractivity contribution is 6.54. The van der Waals surface area contributed by atoms with Crippen LogP contribution in [0.3, 0.4) is 0 Å². The molecule has 4 heteroatoms. The van der Waals surface area contributed by atoms with Crippen LogP contribution < -0.4 is 6.15 Å². The molecule has 0 amide bonds. The molecule has 1 fully saturated rings. The summed E-state index contributed by atoms with van der Waals surface area (Å²) < 4.78 is 11.4. The summed E-state index contributed by atoms with van der Waals surface area (Å²) in [4.78, 5) is 0. The van der Waals surface area contributed by atoms with E-state index in [0.717, 1.165) is 5.47 Å². The Bertz CT molecular complexity index is 198.